The van der Waals surface area contributed by atoms with Gasteiger partial charge in [0.15, 0.2) is 5.65 Å². The van der Waals surface area contributed by atoms with Crippen molar-refractivity contribution in [1.29, 1.82) is 5.26 Å². The van der Waals surface area contributed by atoms with Crippen LogP contribution in [0.3, 0.4) is 0 Å². The highest BCUT2D eigenvalue weighted by Gasteiger charge is 2.17. The summed E-state index contributed by atoms with van der Waals surface area (Å²) in [6, 6.07) is 14.0. The molecular formula is C21H19N6P. The van der Waals surface area contributed by atoms with Crippen molar-refractivity contribution in [1.82, 2.24) is 19.5 Å². The van der Waals surface area contributed by atoms with Gasteiger partial charge >= 0.3 is 0 Å². The fourth-order valence-electron chi connectivity index (χ4n) is 3.39. The Balaban J connectivity index is 1.90. The Morgan fingerprint density at radius 2 is 1.93 bits per heavy atom. The van der Waals surface area contributed by atoms with E-state index in [0.29, 0.717) is 29.0 Å². The van der Waals surface area contributed by atoms with Crippen LogP contribution in [0.4, 0.5) is 5.95 Å². The zero-order valence-electron chi connectivity index (χ0n) is 15.6. The molecule has 0 bridgehead atoms. The van der Waals surface area contributed by atoms with Gasteiger partial charge in [-0.3, -0.25) is 0 Å². The maximum atomic E-state index is 9.35. The van der Waals surface area contributed by atoms with Crippen molar-refractivity contribution in [3.8, 4) is 17.3 Å². The van der Waals surface area contributed by atoms with Crippen molar-refractivity contribution in [3.63, 3.8) is 0 Å². The second-order valence-electron chi connectivity index (χ2n) is 6.71. The third-order valence-corrected chi connectivity index (χ3v) is 5.51. The number of hydrogen-bond acceptors (Lipinski definition) is 5. The average molecular weight is 386 g/mol. The van der Waals surface area contributed by atoms with Crippen LogP contribution in [-0.4, -0.2) is 19.5 Å². The lowest BCUT2D eigenvalue weighted by Gasteiger charge is -2.11. The largest absolute Gasteiger partial charge is 0.368 e. The number of nitrogens with zero attached hydrogens (tertiary/aromatic N) is 5. The molecule has 2 N–H and O–H groups in total. The molecular weight excluding hydrogens is 367 g/mol. The summed E-state index contributed by atoms with van der Waals surface area (Å²) in [6.45, 7) is 4.63. The minimum Gasteiger partial charge on any atom is -0.368 e. The number of aryl methyl sites for hydroxylation is 1. The van der Waals surface area contributed by atoms with Gasteiger partial charge in [0, 0.05) is 5.56 Å². The van der Waals surface area contributed by atoms with Gasteiger partial charge in [-0.05, 0) is 41.9 Å². The summed E-state index contributed by atoms with van der Waals surface area (Å²) in [4.78, 5) is 13.5. The summed E-state index contributed by atoms with van der Waals surface area (Å²) in [5.41, 5.74) is 12.7. The van der Waals surface area contributed by atoms with Crippen LogP contribution in [0.15, 0.2) is 42.7 Å². The first-order valence-electron chi connectivity index (χ1n) is 8.82. The van der Waals surface area contributed by atoms with Crippen molar-refractivity contribution in [3.05, 3.63) is 65.0 Å². The van der Waals surface area contributed by atoms with Crippen LogP contribution in [-0.2, 0) is 6.54 Å². The van der Waals surface area contributed by atoms with E-state index in [4.69, 9.17) is 5.73 Å². The van der Waals surface area contributed by atoms with Gasteiger partial charge in [-0.15, -0.1) is 9.24 Å². The van der Waals surface area contributed by atoms with Crippen molar-refractivity contribution in [2.45, 2.75) is 20.4 Å². The zero-order valence-corrected chi connectivity index (χ0v) is 16.8. The summed E-state index contributed by atoms with van der Waals surface area (Å²) in [5.74, 6) is 0.182. The van der Waals surface area contributed by atoms with Crippen LogP contribution >= 0.6 is 9.24 Å². The SMILES string of the molecule is Cc1cccc(P)c1Cn1cnc2c(-c3cccc(C#N)c3C)nc(N)nc21. The quantitative estimate of drug-likeness (QED) is 0.546. The number of nitrogens with two attached hydrogens (primary N) is 1. The summed E-state index contributed by atoms with van der Waals surface area (Å²) >= 11 is 0. The van der Waals surface area contributed by atoms with Crippen LogP contribution in [0, 0.1) is 25.2 Å². The molecule has 7 heteroatoms. The molecule has 0 saturated heterocycles. The first kappa shape index (κ1) is 18.1. The molecule has 1 unspecified atom stereocenters. The number of nitriles is 1. The van der Waals surface area contributed by atoms with E-state index in [0.717, 1.165) is 16.4 Å². The monoisotopic (exact) mass is 386 g/mol. The predicted molar refractivity (Wildman–Crippen MR) is 114 cm³/mol. The standard InChI is InChI=1S/C21H19N6P/c1-12-5-3-8-17(28)16(12)10-27-11-24-19-18(25-21(23)26-20(19)27)15-7-4-6-14(9-22)13(15)2/h3-8,11H,10,28H2,1-2H3,(H2,23,25,26). The highest BCUT2D eigenvalue weighted by Crippen LogP contribution is 2.30. The molecule has 0 amide bonds. The van der Waals surface area contributed by atoms with Gasteiger partial charge in [0.2, 0.25) is 5.95 Å². The number of rotatable bonds is 3. The van der Waals surface area contributed by atoms with E-state index in [2.05, 4.69) is 49.3 Å². The number of imidazole rings is 1. The second-order valence-corrected chi connectivity index (χ2v) is 7.33. The molecule has 2 heterocycles. The Morgan fingerprint density at radius 1 is 1.14 bits per heavy atom. The summed E-state index contributed by atoms with van der Waals surface area (Å²) in [6.07, 6.45) is 1.77. The number of hydrogen-bond donors (Lipinski definition) is 1. The Morgan fingerprint density at radius 3 is 2.68 bits per heavy atom. The molecule has 0 spiro atoms. The van der Waals surface area contributed by atoms with E-state index >= 15 is 0 Å². The van der Waals surface area contributed by atoms with Gasteiger partial charge in [-0.25, -0.2) is 9.97 Å². The van der Waals surface area contributed by atoms with Gasteiger partial charge in [0.05, 0.1) is 24.5 Å². The molecule has 0 aliphatic rings. The number of nitrogen functional groups attached to an aromatic ring is 1. The van der Waals surface area contributed by atoms with Gasteiger partial charge in [0.25, 0.3) is 0 Å². The molecule has 4 rings (SSSR count). The Bertz CT molecular complexity index is 1230. The summed E-state index contributed by atoms with van der Waals surface area (Å²) in [7, 11) is 2.78. The van der Waals surface area contributed by atoms with Gasteiger partial charge in [0.1, 0.15) is 11.2 Å². The van der Waals surface area contributed by atoms with Crippen LogP contribution in [0.25, 0.3) is 22.4 Å². The van der Waals surface area contributed by atoms with Crippen LogP contribution in [0.5, 0.6) is 0 Å². The molecule has 6 nitrogen and oxygen atoms in total. The molecule has 138 valence electrons. The van der Waals surface area contributed by atoms with Crippen molar-refractivity contribution < 1.29 is 0 Å². The highest BCUT2D eigenvalue weighted by molar-refractivity contribution is 7.27. The molecule has 2 aromatic heterocycles. The normalized spacial score (nSPS) is 10.9. The molecule has 28 heavy (non-hydrogen) atoms. The second kappa shape index (κ2) is 7.03. The van der Waals surface area contributed by atoms with Gasteiger partial charge < -0.3 is 10.3 Å². The first-order chi connectivity index (χ1) is 13.5. The molecule has 0 aliphatic carbocycles. The minimum absolute atomic E-state index is 0.182. The van der Waals surface area contributed by atoms with E-state index in [-0.39, 0.29) is 5.95 Å². The lowest BCUT2D eigenvalue weighted by molar-refractivity contribution is 0.813. The maximum Gasteiger partial charge on any atom is 0.222 e. The van der Waals surface area contributed by atoms with E-state index in [1.807, 2.05) is 29.7 Å². The van der Waals surface area contributed by atoms with Crippen LogP contribution in [0.2, 0.25) is 0 Å². The average Bonchev–Trinajstić information content (AvgIpc) is 3.07. The Kier molecular flexibility index (Phi) is 4.54. The molecule has 0 radical (unpaired) electrons. The van der Waals surface area contributed by atoms with E-state index in [1.54, 1.807) is 12.4 Å². The number of anilines is 1. The zero-order chi connectivity index (χ0) is 19.8. The Hall–Kier alpha value is -3.29. The summed E-state index contributed by atoms with van der Waals surface area (Å²) < 4.78 is 1.98. The molecule has 1 atom stereocenters. The van der Waals surface area contributed by atoms with Gasteiger partial charge in [-0.1, -0.05) is 30.3 Å². The van der Waals surface area contributed by atoms with E-state index < -0.39 is 0 Å². The van der Waals surface area contributed by atoms with Crippen molar-refractivity contribution >= 4 is 31.7 Å². The Labute approximate surface area is 165 Å². The number of aromatic nitrogens is 4. The summed E-state index contributed by atoms with van der Waals surface area (Å²) in [5, 5.41) is 10.5. The van der Waals surface area contributed by atoms with Gasteiger partial charge in [-0.2, -0.15) is 10.2 Å². The van der Waals surface area contributed by atoms with E-state index in [9.17, 15) is 5.26 Å². The molecule has 2 aromatic carbocycles. The first-order valence-corrected chi connectivity index (χ1v) is 9.39. The predicted octanol–water partition coefficient (Wildman–Crippen LogP) is 3.11. The van der Waals surface area contributed by atoms with Crippen molar-refractivity contribution in [2.75, 3.05) is 5.73 Å². The lowest BCUT2D eigenvalue weighted by atomic mass is 10.00. The van der Waals surface area contributed by atoms with Crippen molar-refractivity contribution in [2.24, 2.45) is 0 Å². The van der Waals surface area contributed by atoms with E-state index in [1.165, 1.54) is 11.1 Å². The minimum atomic E-state index is 0.182. The van der Waals surface area contributed by atoms with Crippen LogP contribution < -0.4 is 11.0 Å². The molecule has 0 fully saturated rings. The third-order valence-electron chi connectivity index (χ3n) is 4.97. The topological polar surface area (TPSA) is 93.4 Å². The highest BCUT2D eigenvalue weighted by atomic mass is 31.0. The third kappa shape index (κ3) is 3.00. The molecule has 4 aromatic rings. The van der Waals surface area contributed by atoms with Crippen LogP contribution in [0.1, 0.15) is 22.3 Å². The fourth-order valence-corrected chi connectivity index (χ4v) is 3.82. The fraction of sp³-hybridized carbons (Fsp3) is 0.143. The smallest absolute Gasteiger partial charge is 0.222 e. The maximum absolute atomic E-state index is 9.35. The number of fused-ring (bicyclic) bond motifs is 1. The lowest BCUT2D eigenvalue weighted by Crippen LogP contribution is -2.10. The number of benzene rings is 2. The molecule has 0 saturated carbocycles. The molecule has 0 aliphatic heterocycles.